The third-order valence-electron chi connectivity index (χ3n) is 10.8. The molecule has 9 aliphatic rings. The van der Waals surface area contributed by atoms with Gasteiger partial charge in [0.05, 0.1) is 0 Å². The lowest BCUT2D eigenvalue weighted by Crippen LogP contribution is -2.44. The first kappa shape index (κ1) is 18.7. The number of hydrogen-bond acceptors (Lipinski definition) is 0. The van der Waals surface area contributed by atoms with Crippen LogP contribution in [0.5, 0.6) is 0 Å². The number of allylic oxidation sites excluding steroid dienone is 20. The molecular weight excluding hydrogens is 408 g/mol. The summed E-state index contributed by atoms with van der Waals surface area (Å²) in [6.07, 6.45) is 34.2. The summed E-state index contributed by atoms with van der Waals surface area (Å²) in [4.78, 5) is 0. The minimum Gasteiger partial charge on any atom is -0.0839 e. The Kier molecular flexibility index (Phi) is 3.59. The van der Waals surface area contributed by atoms with Crippen molar-refractivity contribution in [3.63, 3.8) is 0 Å². The molecule has 0 N–H and O–H groups in total. The number of fused-ring (bicyclic) bond motifs is 3. The van der Waals surface area contributed by atoms with Crippen molar-refractivity contribution in [3.8, 4) is 0 Å². The largest absolute Gasteiger partial charge is 0.0839 e. The van der Waals surface area contributed by atoms with Crippen molar-refractivity contribution >= 4 is 0 Å². The van der Waals surface area contributed by atoms with Crippen molar-refractivity contribution in [2.45, 2.75) is 57.8 Å². The van der Waals surface area contributed by atoms with Gasteiger partial charge in [0.2, 0.25) is 0 Å². The van der Waals surface area contributed by atoms with Gasteiger partial charge in [-0.3, -0.25) is 0 Å². The minimum atomic E-state index is 0.621. The molecule has 5 atom stereocenters. The topological polar surface area (TPSA) is 0 Å². The Labute approximate surface area is 203 Å². The van der Waals surface area contributed by atoms with E-state index in [9.17, 15) is 0 Å². The van der Waals surface area contributed by atoms with E-state index in [4.69, 9.17) is 0 Å². The first-order chi connectivity index (χ1) is 16.9. The van der Waals surface area contributed by atoms with Gasteiger partial charge in [-0.1, -0.05) is 71.4 Å². The molecule has 0 radical (unpaired) electrons. The zero-order valence-electron chi connectivity index (χ0n) is 19.9. The number of hydrogen-bond donors (Lipinski definition) is 0. The summed E-state index contributed by atoms with van der Waals surface area (Å²) < 4.78 is 0. The second kappa shape index (κ2) is 6.54. The lowest BCUT2D eigenvalue weighted by molar-refractivity contribution is 0.234. The average molecular weight is 441 g/mol. The summed E-state index contributed by atoms with van der Waals surface area (Å²) in [5.74, 6) is 3.51. The molecule has 9 rings (SSSR count). The molecule has 5 unspecified atom stereocenters. The lowest BCUT2D eigenvalue weighted by Gasteiger charge is -2.55. The minimum absolute atomic E-state index is 0.621. The molecule has 0 nitrogen and oxygen atoms in total. The van der Waals surface area contributed by atoms with E-state index >= 15 is 0 Å². The first-order valence-electron chi connectivity index (χ1n) is 13.9. The highest BCUT2D eigenvalue weighted by Crippen LogP contribution is 2.65. The van der Waals surface area contributed by atoms with Crippen LogP contribution in [0.15, 0.2) is 116 Å². The fourth-order valence-corrected chi connectivity index (χ4v) is 9.61. The van der Waals surface area contributed by atoms with Gasteiger partial charge in [-0.2, -0.15) is 0 Å². The van der Waals surface area contributed by atoms with Crippen LogP contribution >= 0.6 is 0 Å². The van der Waals surface area contributed by atoms with Crippen LogP contribution in [0.4, 0.5) is 0 Å². The fourth-order valence-electron chi connectivity index (χ4n) is 9.61. The molecule has 0 spiro atoms. The Morgan fingerprint density at radius 1 is 0.618 bits per heavy atom. The normalized spacial score (nSPS) is 38.1. The Bertz CT molecular complexity index is 1380. The maximum absolute atomic E-state index is 2.60. The smallest absolute Gasteiger partial charge is 0.0161 e. The Hall–Kier alpha value is -2.60. The summed E-state index contributed by atoms with van der Waals surface area (Å²) in [5, 5.41) is 0. The van der Waals surface area contributed by atoms with Gasteiger partial charge in [-0.05, 0) is 114 Å². The van der Waals surface area contributed by atoms with Crippen LogP contribution in [0.3, 0.4) is 0 Å². The molecule has 0 aromatic rings. The molecule has 0 aromatic heterocycles. The lowest BCUT2D eigenvalue weighted by atomic mass is 9.48. The van der Waals surface area contributed by atoms with Crippen LogP contribution in [-0.4, -0.2) is 0 Å². The van der Waals surface area contributed by atoms with Crippen molar-refractivity contribution in [3.05, 3.63) is 116 Å². The third kappa shape index (κ3) is 2.22. The highest BCUT2D eigenvalue weighted by atomic mass is 14.6. The maximum Gasteiger partial charge on any atom is 0.0161 e. The zero-order chi connectivity index (χ0) is 22.0. The summed E-state index contributed by atoms with van der Waals surface area (Å²) in [5.41, 5.74) is 18.8. The van der Waals surface area contributed by atoms with Crippen LogP contribution in [0, 0.1) is 29.6 Å². The quantitative estimate of drug-likeness (QED) is 0.332. The van der Waals surface area contributed by atoms with Crippen molar-refractivity contribution in [1.82, 2.24) is 0 Å². The predicted molar refractivity (Wildman–Crippen MR) is 139 cm³/mol. The zero-order valence-corrected chi connectivity index (χ0v) is 19.9. The first-order valence-corrected chi connectivity index (χ1v) is 13.9. The van der Waals surface area contributed by atoms with E-state index in [1.54, 1.807) is 44.6 Å². The van der Waals surface area contributed by atoms with Crippen LogP contribution in [-0.2, 0) is 0 Å². The Morgan fingerprint density at radius 3 is 2.32 bits per heavy atom. The van der Waals surface area contributed by atoms with Gasteiger partial charge in [0, 0.05) is 17.8 Å². The SMILES string of the molecule is C1=CC2=C(CC1)C1=CC=C3C4=CC=C5C6=C(C=CCC6)CC6CCC(=C7CCC(=C2)C1C37)C4C56. The van der Waals surface area contributed by atoms with Crippen LogP contribution in [0.25, 0.3) is 0 Å². The molecule has 0 saturated heterocycles. The van der Waals surface area contributed by atoms with Gasteiger partial charge >= 0.3 is 0 Å². The molecule has 2 saturated carbocycles. The van der Waals surface area contributed by atoms with Crippen molar-refractivity contribution < 1.29 is 0 Å². The van der Waals surface area contributed by atoms with Gasteiger partial charge in [0.15, 0.2) is 0 Å². The van der Waals surface area contributed by atoms with E-state index < -0.39 is 0 Å². The van der Waals surface area contributed by atoms with Crippen molar-refractivity contribution in [1.29, 1.82) is 0 Å². The fraction of sp³-hybridized carbons (Fsp3) is 0.412. The Morgan fingerprint density at radius 2 is 1.38 bits per heavy atom. The molecule has 168 valence electrons. The average Bonchev–Trinajstić information content (AvgIpc) is 2.90. The predicted octanol–water partition coefficient (Wildman–Crippen LogP) is 8.33. The van der Waals surface area contributed by atoms with E-state index in [1.807, 2.05) is 11.1 Å². The van der Waals surface area contributed by atoms with E-state index in [0.717, 1.165) is 11.8 Å². The third-order valence-corrected chi connectivity index (χ3v) is 10.8. The molecule has 0 heterocycles. The van der Waals surface area contributed by atoms with Gasteiger partial charge in [-0.25, -0.2) is 0 Å². The summed E-state index contributed by atoms with van der Waals surface area (Å²) in [7, 11) is 0. The summed E-state index contributed by atoms with van der Waals surface area (Å²) in [6, 6.07) is 0. The highest BCUT2D eigenvalue weighted by Gasteiger charge is 2.53. The molecule has 34 heavy (non-hydrogen) atoms. The van der Waals surface area contributed by atoms with E-state index in [1.165, 1.54) is 63.4 Å². The molecule has 0 amide bonds. The van der Waals surface area contributed by atoms with Gasteiger partial charge < -0.3 is 0 Å². The van der Waals surface area contributed by atoms with Crippen LogP contribution in [0.2, 0.25) is 0 Å². The summed E-state index contributed by atoms with van der Waals surface area (Å²) in [6.45, 7) is 0. The van der Waals surface area contributed by atoms with E-state index in [-0.39, 0.29) is 0 Å². The molecule has 0 bridgehead atoms. The second-order valence-corrected chi connectivity index (χ2v) is 12.0. The van der Waals surface area contributed by atoms with E-state index in [2.05, 4.69) is 54.7 Å². The molecule has 0 heteroatoms. The van der Waals surface area contributed by atoms with E-state index in [0.29, 0.717) is 17.8 Å². The van der Waals surface area contributed by atoms with Gasteiger partial charge in [0.1, 0.15) is 0 Å². The van der Waals surface area contributed by atoms with Crippen molar-refractivity contribution in [2.24, 2.45) is 29.6 Å². The standard InChI is InChI=1S/C34H32/c1-3-7-23-19(5-1)17-21-9-11-27-28-12-10-22-18-20-6-2-4-8-24(20)26-14-16-30(34(28)32(22)26)29-15-13-25(23)31(21)33(27)29/h1-2,5-6,13-17,22,31-34H,3-4,7-12,18H2. The maximum atomic E-state index is 2.60. The second-order valence-electron chi connectivity index (χ2n) is 12.0. The molecular formula is C34H32. The van der Waals surface area contributed by atoms with Crippen molar-refractivity contribution in [2.75, 3.05) is 0 Å². The molecule has 2 fully saturated rings. The molecule has 0 aromatic carbocycles. The molecule has 0 aliphatic heterocycles. The van der Waals surface area contributed by atoms with Gasteiger partial charge in [-0.15, -0.1) is 0 Å². The van der Waals surface area contributed by atoms with Gasteiger partial charge in [0.25, 0.3) is 0 Å². The highest BCUT2D eigenvalue weighted by molar-refractivity contribution is 5.67. The Balaban J connectivity index is 1.26. The van der Waals surface area contributed by atoms with Crippen LogP contribution in [0.1, 0.15) is 57.8 Å². The summed E-state index contributed by atoms with van der Waals surface area (Å²) >= 11 is 0. The van der Waals surface area contributed by atoms with Crippen LogP contribution < -0.4 is 0 Å². The number of rotatable bonds is 0. The monoisotopic (exact) mass is 440 g/mol. The molecule has 9 aliphatic carbocycles.